The van der Waals surface area contributed by atoms with Gasteiger partial charge in [0.15, 0.2) is 0 Å². The van der Waals surface area contributed by atoms with Gasteiger partial charge in [-0.15, -0.1) is 0 Å². The summed E-state index contributed by atoms with van der Waals surface area (Å²) >= 11 is 8.76. The number of rotatable bonds is 0. The molecule has 0 radical (unpaired) electrons. The summed E-state index contributed by atoms with van der Waals surface area (Å²) in [5.41, 5.74) is -0.306. The Morgan fingerprint density at radius 2 is 0.875 bits per heavy atom. The Morgan fingerprint density at radius 3 is 0.875 bits per heavy atom. The standard InChI is InChI=1S/2C3HClF4/c2*4-1-2(5)3(6,7)8/h2*1H/b2-1-;. The van der Waals surface area contributed by atoms with E-state index in [1.54, 1.807) is 0 Å². The van der Waals surface area contributed by atoms with Gasteiger partial charge in [0.2, 0.25) is 11.7 Å². The molecule has 0 amide bonds. The molecule has 0 aromatic carbocycles. The van der Waals surface area contributed by atoms with Gasteiger partial charge in [-0.1, -0.05) is 23.2 Å². The van der Waals surface area contributed by atoms with Crippen LogP contribution in [0.5, 0.6) is 0 Å². The van der Waals surface area contributed by atoms with Crippen molar-refractivity contribution in [1.82, 2.24) is 0 Å². The summed E-state index contributed by atoms with van der Waals surface area (Å²) in [4.78, 5) is 0. The molecule has 0 heterocycles. The molecule has 0 aliphatic carbocycles. The van der Waals surface area contributed by atoms with E-state index >= 15 is 0 Å². The fourth-order valence-electron chi connectivity index (χ4n) is 0.124. The summed E-state index contributed by atoms with van der Waals surface area (Å²) < 4.78 is 88.0. The zero-order valence-corrected chi connectivity index (χ0v) is 8.45. The van der Waals surface area contributed by atoms with Crippen molar-refractivity contribution in [2.45, 2.75) is 12.4 Å². The van der Waals surface area contributed by atoms with E-state index in [1.807, 2.05) is 0 Å². The topological polar surface area (TPSA) is 0 Å². The lowest BCUT2D eigenvalue weighted by Gasteiger charge is -1.98. The highest BCUT2D eigenvalue weighted by Gasteiger charge is 2.34. The predicted molar refractivity (Wildman–Crippen MR) is 42.2 cm³/mol. The summed E-state index contributed by atoms with van der Waals surface area (Å²) in [5, 5.41) is 0. The molecule has 0 aliphatic rings. The minimum atomic E-state index is -4.93. The van der Waals surface area contributed by atoms with Crippen molar-refractivity contribution in [3.8, 4) is 0 Å². The molecule has 0 nitrogen and oxygen atoms in total. The van der Waals surface area contributed by atoms with Crippen molar-refractivity contribution in [1.29, 1.82) is 0 Å². The molecule has 16 heavy (non-hydrogen) atoms. The molecule has 0 unspecified atom stereocenters. The second kappa shape index (κ2) is 6.95. The first-order valence-corrected chi connectivity index (χ1v) is 3.90. The summed E-state index contributed by atoms with van der Waals surface area (Å²) in [6.07, 6.45) is -9.86. The molecule has 0 N–H and O–H groups in total. The van der Waals surface area contributed by atoms with Crippen LogP contribution in [0.3, 0.4) is 0 Å². The average molecular weight is 297 g/mol. The van der Waals surface area contributed by atoms with Gasteiger partial charge in [0.25, 0.3) is 0 Å². The lowest BCUT2D eigenvalue weighted by molar-refractivity contribution is -0.109. The average Bonchev–Trinajstić information content (AvgIpc) is 2.13. The molecule has 0 saturated carbocycles. The molecule has 0 fully saturated rings. The summed E-state index contributed by atoms with van der Waals surface area (Å²) in [5.74, 6) is -4.56. The van der Waals surface area contributed by atoms with Crippen LogP contribution >= 0.6 is 23.2 Å². The molecule has 0 atom stereocenters. The van der Waals surface area contributed by atoms with E-state index < -0.39 is 24.0 Å². The van der Waals surface area contributed by atoms with Crippen molar-refractivity contribution in [2.75, 3.05) is 0 Å². The quantitative estimate of drug-likeness (QED) is 0.539. The highest BCUT2D eigenvalue weighted by atomic mass is 35.5. The van der Waals surface area contributed by atoms with E-state index in [-0.39, 0.29) is 11.1 Å². The maximum Gasteiger partial charge on any atom is 0.443 e. The number of hydrogen-bond acceptors (Lipinski definition) is 0. The first kappa shape index (κ1) is 17.9. The predicted octanol–water partition coefficient (Wildman–Crippen LogP) is 5.20. The summed E-state index contributed by atoms with van der Waals surface area (Å²) in [7, 11) is 0. The zero-order valence-electron chi connectivity index (χ0n) is 6.93. The Kier molecular flexibility index (Phi) is 7.77. The van der Waals surface area contributed by atoms with Gasteiger partial charge < -0.3 is 0 Å². The van der Waals surface area contributed by atoms with Crippen LogP contribution in [0.4, 0.5) is 35.1 Å². The number of halogens is 10. The van der Waals surface area contributed by atoms with Crippen LogP contribution in [-0.2, 0) is 0 Å². The molecule has 0 bridgehead atoms. The third-order valence-corrected chi connectivity index (χ3v) is 1.12. The van der Waals surface area contributed by atoms with Gasteiger partial charge in [-0.25, -0.2) is 8.78 Å². The van der Waals surface area contributed by atoms with E-state index in [4.69, 9.17) is 0 Å². The van der Waals surface area contributed by atoms with Gasteiger partial charge in [-0.05, 0) is 0 Å². The van der Waals surface area contributed by atoms with Gasteiger partial charge in [-0.3, -0.25) is 0 Å². The normalized spacial score (nSPS) is 14.4. The number of hydrogen-bond donors (Lipinski definition) is 0. The molecule has 0 saturated heterocycles. The van der Waals surface area contributed by atoms with Crippen LogP contribution < -0.4 is 0 Å². The van der Waals surface area contributed by atoms with Gasteiger partial charge in [-0.2, -0.15) is 26.3 Å². The molecule has 0 rings (SSSR count). The monoisotopic (exact) mass is 296 g/mol. The van der Waals surface area contributed by atoms with Crippen LogP contribution in [0, 0.1) is 0 Å². The van der Waals surface area contributed by atoms with Gasteiger partial charge in [0.1, 0.15) is 0 Å². The molecule has 0 aliphatic heterocycles. The van der Waals surface area contributed by atoms with E-state index in [0.29, 0.717) is 0 Å². The molecule has 0 aromatic heterocycles. The second-order valence-electron chi connectivity index (χ2n) is 1.91. The molecular formula is C6H2Cl2F8. The number of allylic oxidation sites excluding steroid dienone is 2. The highest BCUT2D eigenvalue weighted by Crippen LogP contribution is 2.27. The van der Waals surface area contributed by atoms with Crippen LogP contribution in [-0.4, -0.2) is 12.4 Å². The van der Waals surface area contributed by atoms with Crippen molar-refractivity contribution in [3.05, 3.63) is 22.7 Å². The largest absolute Gasteiger partial charge is 0.443 e. The molecule has 10 heteroatoms. The summed E-state index contributed by atoms with van der Waals surface area (Å²) in [6.45, 7) is 0. The Balaban J connectivity index is 0. The van der Waals surface area contributed by atoms with Crippen molar-refractivity contribution < 1.29 is 35.1 Å². The van der Waals surface area contributed by atoms with E-state index in [0.717, 1.165) is 0 Å². The SMILES string of the molecule is F/C(=C\Cl)C(F)(F)F.FC(=CCl)C(F)(F)F. The van der Waals surface area contributed by atoms with Crippen molar-refractivity contribution in [2.24, 2.45) is 0 Å². The number of alkyl halides is 6. The van der Waals surface area contributed by atoms with Crippen LogP contribution in [0.2, 0.25) is 0 Å². The van der Waals surface area contributed by atoms with Crippen LogP contribution in [0.1, 0.15) is 0 Å². The van der Waals surface area contributed by atoms with E-state index in [1.165, 1.54) is 0 Å². The molecule has 96 valence electrons. The minimum Gasteiger partial charge on any atom is -0.201 e. The van der Waals surface area contributed by atoms with E-state index in [2.05, 4.69) is 23.2 Å². The fourth-order valence-corrected chi connectivity index (χ4v) is 0.371. The third kappa shape index (κ3) is 8.78. The van der Waals surface area contributed by atoms with E-state index in [9.17, 15) is 35.1 Å². The van der Waals surface area contributed by atoms with Crippen LogP contribution in [0.15, 0.2) is 22.7 Å². The first-order valence-electron chi connectivity index (χ1n) is 3.03. The summed E-state index contributed by atoms with van der Waals surface area (Å²) in [6, 6.07) is 0. The third-order valence-electron chi connectivity index (χ3n) is 0.733. The first-order chi connectivity index (χ1) is 6.96. The molecule has 0 aromatic rings. The van der Waals surface area contributed by atoms with Gasteiger partial charge in [0, 0.05) is 11.1 Å². The molecular weight excluding hydrogens is 295 g/mol. The highest BCUT2D eigenvalue weighted by molar-refractivity contribution is 6.25. The fraction of sp³-hybridized carbons (Fsp3) is 0.333. The van der Waals surface area contributed by atoms with Crippen LogP contribution in [0.25, 0.3) is 0 Å². The Morgan fingerprint density at radius 1 is 0.688 bits per heavy atom. The smallest absolute Gasteiger partial charge is 0.201 e. The molecule has 0 spiro atoms. The Bertz CT molecular complexity index is 233. The minimum absolute atomic E-state index is 0.153. The van der Waals surface area contributed by atoms with Crippen molar-refractivity contribution in [3.63, 3.8) is 0 Å². The van der Waals surface area contributed by atoms with Crippen molar-refractivity contribution >= 4 is 23.2 Å². The maximum absolute atomic E-state index is 11.2. The van der Waals surface area contributed by atoms with Gasteiger partial charge in [0.05, 0.1) is 0 Å². The lowest BCUT2D eigenvalue weighted by Crippen LogP contribution is -2.06. The second-order valence-corrected chi connectivity index (χ2v) is 2.35. The lowest BCUT2D eigenvalue weighted by atomic mass is 10.6. The Labute approximate surface area is 94.1 Å². The zero-order chi connectivity index (χ0) is 13.6. The Hall–Kier alpha value is -0.500. The van der Waals surface area contributed by atoms with Gasteiger partial charge >= 0.3 is 12.4 Å². The maximum atomic E-state index is 11.2.